The largest absolute Gasteiger partial charge is 0.493 e. The normalized spacial score (nSPS) is 12.2. The molecule has 0 fully saturated rings. The Labute approximate surface area is 147 Å². The van der Waals surface area contributed by atoms with Gasteiger partial charge in [0, 0.05) is 12.1 Å². The lowest BCUT2D eigenvalue weighted by atomic mass is 10.0. The van der Waals surface area contributed by atoms with E-state index in [9.17, 15) is 9.90 Å². The molecular weight excluding hydrogens is 322 g/mol. The molecular formula is C19H25NO3S. The van der Waals surface area contributed by atoms with E-state index < -0.39 is 12.0 Å². The van der Waals surface area contributed by atoms with Crippen molar-refractivity contribution in [1.82, 2.24) is 5.32 Å². The Morgan fingerprint density at radius 1 is 1.29 bits per heavy atom. The molecule has 0 saturated carbocycles. The van der Waals surface area contributed by atoms with Gasteiger partial charge in [0.1, 0.15) is 11.8 Å². The molecule has 0 radical (unpaired) electrons. The van der Waals surface area contributed by atoms with E-state index in [1.165, 1.54) is 0 Å². The zero-order valence-electron chi connectivity index (χ0n) is 14.2. The first-order valence-corrected chi connectivity index (χ1v) is 9.65. The number of carbonyl (C=O) groups is 1. The van der Waals surface area contributed by atoms with Crippen LogP contribution in [0.2, 0.25) is 0 Å². The standard InChI is InChI=1S/C19H25NO3S/c1-3-11-23-18-9-8-14-6-4-5-7-15(14)16(18)13-20-17(19(21)22)10-12-24-2/h4-9,17,20H,3,10-13H2,1-2H3,(H,21,22). The van der Waals surface area contributed by atoms with Gasteiger partial charge >= 0.3 is 5.97 Å². The Morgan fingerprint density at radius 2 is 2.08 bits per heavy atom. The zero-order valence-corrected chi connectivity index (χ0v) is 15.1. The molecule has 0 amide bonds. The van der Waals surface area contributed by atoms with Gasteiger partial charge in [0.25, 0.3) is 0 Å². The number of carboxylic acid groups (broad SMARTS) is 1. The topological polar surface area (TPSA) is 58.6 Å². The van der Waals surface area contributed by atoms with Gasteiger partial charge in [0.2, 0.25) is 0 Å². The van der Waals surface area contributed by atoms with Crippen molar-refractivity contribution in [2.24, 2.45) is 0 Å². The molecule has 0 bridgehead atoms. The minimum Gasteiger partial charge on any atom is -0.493 e. The lowest BCUT2D eigenvalue weighted by Gasteiger charge is -2.18. The van der Waals surface area contributed by atoms with Gasteiger partial charge in [-0.3, -0.25) is 4.79 Å². The molecule has 0 spiro atoms. The first-order valence-electron chi connectivity index (χ1n) is 8.26. The summed E-state index contributed by atoms with van der Waals surface area (Å²) in [6, 6.07) is 11.6. The number of carboxylic acids is 1. The smallest absolute Gasteiger partial charge is 0.320 e. The number of nitrogens with one attached hydrogen (secondary N) is 1. The van der Waals surface area contributed by atoms with Crippen LogP contribution in [0.25, 0.3) is 10.8 Å². The molecule has 0 aliphatic heterocycles. The lowest BCUT2D eigenvalue weighted by molar-refractivity contribution is -0.139. The van der Waals surface area contributed by atoms with Crippen molar-refractivity contribution in [2.75, 3.05) is 18.6 Å². The Bertz CT molecular complexity index is 675. The molecule has 0 aliphatic rings. The molecule has 0 saturated heterocycles. The van der Waals surface area contributed by atoms with Crippen LogP contribution in [-0.4, -0.2) is 35.7 Å². The van der Waals surface area contributed by atoms with E-state index in [1.54, 1.807) is 11.8 Å². The number of fused-ring (bicyclic) bond motifs is 1. The number of ether oxygens (including phenoxy) is 1. The SMILES string of the molecule is CCCOc1ccc2ccccc2c1CNC(CCSC)C(=O)O. The summed E-state index contributed by atoms with van der Waals surface area (Å²) in [6.45, 7) is 3.20. The maximum absolute atomic E-state index is 11.4. The molecule has 2 rings (SSSR count). The molecule has 130 valence electrons. The highest BCUT2D eigenvalue weighted by Gasteiger charge is 2.18. The van der Waals surface area contributed by atoms with Gasteiger partial charge < -0.3 is 15.2 Å². The van der Waals surface area contributed by atoms with Gasteiger partial charge in [-0.05, 0) is 41.7 Å². The van der Waals surface area contributed by atoms with Gasteiger partial charge in [-0.15, -0.1) is 0 Å². The van der Waals surface area contributed by atoms with Gasteiger partial charge in [0.15, 0.2) is 0 Å². The first kappa shape index (κ1) is 18.6. The molecule has 2 aromatic rings. The maximum atomic E-state index is 11.4. The third-order valence-electron chi connectivity index (χ3n) is 3.89. The second-order valence-corrected chi connectivity index (χ2v) is 6.65. The van der Waals surface area contributed by atoms with E-state index in [1.807, 2.05) is 30.5 Å². The Morgan fingerprint density at radius 3 is 2.79 bits per heavy atom. The quantitative estimate of drug-likeness (QED) is 0.682. The van der Waals surface area contributed by atoms with Crippen LogP contribution in [0, 0.1) is 0 Å². The molecule has 2 N–H and O–H groups in total. The number of thioether (sulfide) groups is 1. The highest BCUT2D eigenvalue weighted by atomic mass is 32.2. The van der Waals surface area contributed by atoms with Crippen molar-refractivity contribution in [1.29, 1.82) is 0 Å². The number of hydrogen-bond donors (Lipinski definition) is 2. The predicted molar refractivity (Wildman–Crippen MR) is 101 cm³/mol. The van der Waals surface area contributed by atoms with Crippen LogP contribution in [-0.2, 0) is 11.3 Å². The van der Waals surface area contributed by atoms with Crippen molar-refractivity contribution in [3.63, 3.8) is 0 Å². The van der Waals surface area contributed by atoms with Crippen molar-refractivity contribution < 1.29 is 14.6 Å². The molecule has 5 heteroatoms. The molecule has 0 heterocycles. The minimum absolute atomic E-state index is 0.478. The molecule has 0 aliphatic carbocycles. The zero-order chi connectivity index (χ0) is 17.4. The number of hydrogen-bond acceptors (Lipinski definition) is 4. The van der Waals surface area contributed by atoms with E-state index in [-0.39, 0.29) is 0 Å². The molecule has 2 aromatic carbocycles. The van der Waals surface area contributed by atoms with Crippen LogP contribution < -0.4 is 10.1 Å². The summed E-state index contributed by atoms with van der Waals surface area (Å²) in [5, 5.41) is 14.8. The minimum atomic E-state index is -0.805. The van der Waals surface area contributed by atoms with E-state index in [0.29, 0.717) is 19.6 Å². The Balaban J connectivity index is 2.25. The van der Waals surface area contributed by atoms with Crippen molar-refractivity contribution in [3.8, 4) is 5.75 Å². The average molecular weight is 347 g/mol. The second kappa shape index (κ2) is 9.55. The fourth-order valence-corrected chi connectivity index (χ4v) is 3.09. The van der Waals surface area contributed by atoms with Crippen LogP contribution in [0.3, 0.4) is 0 Å². The molecule has 24 heavy (non-hydrogen) atoms. The number of rotatable bonds is 10. The molecule has 0 aromatic heterocycles. The summed E-state index contributed by atoms with van der Waals surface area (Å²) in [6.07, 6.45) is 3.53. The molecule has 1 atom stereocenters. The summed E-state index contributed by atoms with van der Waals surface area (Å²) < 4.78 is 5.88. The van der Waals surface area contributed by atoms with Crippen molar-refractivity contribution >= 4 is 28.5 Å². The van der Waals surface area contributed by atoms with Gasteiger partial charge in [-0.2, -0.15) is 11.8 Å². The third-order valence-corrected chi connectivity index (χ3v) is 4.54. The summed E-state index contributed by atoms with van der Waals surface area (Å²) in [4.78, 5) is 11.4. The van der Waals surface area contributed by atoms with Gasteiger partial charge in [-0.25, -0.2) is 0 Å². The average Bonchev–Trinajstić information content (AvgIpc) is 2.60. The highest BCUT2D eigenvalue weighted by molar-refractivity contribution is 7.98. The van der Waals surface area contributed by atoms with E-state index >= 15 is 0 Å². The lowest BCUT2D eigenvalue weighted by Crippen LogP contribution is -2.36. The van der Waals surface area contributed by atoms with Gasteiger partial charge in [0.05, 0.1) is 6.61 Å². The molecule has 4 nitrogen and oxygen atoms in total. The maximum Gasteiger partial charge on any atom is 0.320 e. The van der Waals surface area contributed by atoms with E-state index in [2.05, 4.69) is 24.4 Å². The van der Waals surface area contributed by atoms with Crippen LogP contribution in [0.15, 0.2) is 36.4 Å². The van der Waals surface area contributed by atoms with Crippen molar-refractivity contribution in [2.45, 2.75) is 32.4 Å². The molecule has 1 unspecified atom stereocenters. The van der Waals surface area contributed by atoms with E-state index in [0.717, 1.165) is 34.3 Å². The monoisotopic (exact) mass is 347 g/mol. The van der Waals surface area contributed by atoms with Crippen molar-refractivity contribution in [3.05, 3.63) is 42.0 Å². The van der Waals surface area contributed by atoms with E-state index in [4.69, 9.17) is 4.74 Å². The fourth-order valence-electron chi connectivity index (χ4n) is 2.62. The second-order valence-electron chi connectivity index (χ2n) is 5.67. The summed E-state index contributed by atoms with van der Waals surface area (Å²) in [7, 11) is 0. The van der Waals surface area contributed by atoms with Crippen LogP contribution in [0.5, 0.6) is 5.75 Å². The summed E-state index contributed by atoms with van der Waals surface area (Å²) >= 11 is 1.66. The van der Waals surface area contributed by atoms with Gasteiger partial charge in [-0.1, -0.05) is 37.3 Å². The third kappa shape index (κ3) is 4.89. The Kier molecular flexibility index (Phi) is 7.40. The first-order chi connectivity index (χ1) is 11.7. The summed E-state index contributed by atoms with van der Waals surface area (Å²) in [5.41, 5.74) is 1.02. The fraction of sp³-hybridized carbons (Fsp3) is 0.421. The predicted octanol–water partition coefficient (Wildman–Crippen LogP) is 3.92. The Hall–Kier alpha value is -1.72. The van der Waals surface area contributed by atoms with Crippen LogP contribution in [0.1, 0.15) is 25.3 Å². The summed E-state index contributed by atoms with van der Waals surface area (Å²) in [5.74, 6) is 0.843. The number of aliphatic carboxylic acids is 1. The highest BCUT2D eigenvalue weighted by Crippen LogP contribution is 2.28. The van der Waals surface area contributed by atoms with Crippen LogP contribution in [0.4, 0.5) is 0 Å². The van der Waals surface area contributed by atoms with Crippen LogP contribution >= 0.6 is 11.8 Å². The number of benzene rings is 2.